The largest absolute Gasteiger partial charge is 0.362 e. The first kappa shape index (κ1) is 13.6. The Morgan fingerprint density at radius 2 is 2.18 bits per heavy atom. The Balaban J connectivity index is 1.58. The third-order valence-corrected chi connectivity index (χ3v) is 5.01. The third kappa shape index (κ3) is 2.45. The van der Waals surface area contributed by atoms with Crippen molar-refractivity contribution in [2.75, 3.05) is 5.32 Å². The van der Waals surface area contributed by atoms with Crippen LogP contribution >= 0.6 is 11.3 Å². The minimum Gasteiger partial charge on any atom is -0.362 e. The molecule has 0 spiro atoms. The lowest BCUT2D eigenvalue weighted by atomic mass is 10.2. The van der Waals surface area contributed by atoms with Gasteiger partial charge in [-0.05, 0) is 25.8 Å². The number of fused-ring (bicyclic) bond motifs is 2. The van der Waals surface area contributed by atoms with Gasteiger partial charge in [0.15, 0.2) is 5.82 Å². The zero-order valence-corrected chi connectivity index (χ0v) is 13.4. The summed E-state index contributed by atoms with van der Waals surface area (Å²) in [4.78, 5) is 11.0. The number of hydrogen-bond acceptors (Lipinski definition) is 6. The van der Waals surface area contributed by atoms with Crippen molar-refractivity contribution in [2.24, 2.45) is 0 Å². The quantitative estimate of drug-likeness (QED) is 0.805. The summed E-state index contributed by atoms with van der Waals surface area (Å²) in [7, 11) is 0. The minimum absolute atomic E-state index is 0.647. The van der Waals surface area contributed by atoms with Gasteiger partial charge in [0.25, 0.3) is 0 Å². The van der Waals surface area contributed by atoms with E-state index in [2.05, 4.69) is 43.0 Å². The van der Waals surface area contributed by atoms with Crippen LogP contribution in [0.15, 0.2) is 12.4 Å². The molecule has 0 bridgehead atoms. The molecule has 1 N–H and O–H groups in total. The molecule has 0 aromatic carbocycles. The van der Waals surface area contributed by atoms with Gasteiger partial charge in [0.05, 0.1) is 11.9 Å². The first-order valence-corrected chi connectivity index (χ1v) is 8.49. The van der Waals surface area contributed by atoms with E-state index in [4.69, 9.17) is 0 Å². The number of anilines is 1. The Bertz CT molecular complexity index is 806. The van der Waals surface area contributed by atoms with Crippen LogP contribution in [-0.4, -0.2) is 24.7 Å². The fraction of sp³-hybridized carbons (Fsp3) is 0.467. The minimum atomic E-state index is 0.647. The van der Waals surface area contributed by atoms with Gasteiger partial charge in [-0.1, -0.05) is 6.42 Å². The molecule has 3 aromatic rings. The lowest BCUT2D eigenvalue weighted by Crippen LogP contribution is -2.11. The Morgan fingerprint density at radius 3 is 3.14 bits per heavy atom. The zero-order chi connectivity index (χ0) is 14.9. The molecular formula is C15H18N6S. The summed E-state index contributed by atoms with van der Waals surface area (Å²) in [5.41, 5.74) is 0. The highest BCUT2D eigenvalue weighted by atomic mass is 32.1. The van der Waals surface area contributed by atoms with E-state index in [1.54, 1.807) is 17.7 Å². The van der Waals surface area contributed by atoms with Crippen LogP contribution in [0.1, 0.15) is 35.8 Å². The maximum Gasteiger partial charge on any atom is 0.152 e. The van der Waals surface area contributed by atoms with E-state index < -0.39 is 0 Å². The molecule has 0 unspecified atom stereocenters. The molecule has 0 fully saturated rings. The van der Waals surface area contributed by atoms with Crippen LogP contribution < -0.4 is 5.32 Å². The summed E-state index contributed by atoms with van der Waals surface area (Å²) >= 11 is 1.69. The van der Waals surface area contributed by atoms with Crippen molar-refractivity contribution in [1.82, 2.24) is 24.7 Å². The molecular weight excluding hydrogens is 296 g/mol. The summed E-state index contributed by atoms with van der Waals surface area (Å²) in [6.07, 6.45) is 6.35. The normalized spacial score (nSPS) is 14.8. The van der Waals surface area contributed by atoms with Crippen molar-refractivity contribution in [3.63, 3.8) is 0 Å². The molecule has 22 heavy (non-hydrogen) atoms. The predicted octanol–water partition coefficient (Wildman–Crippen LogP) is 2.93. The Labute approximate surface area is 132 Å². The number of aromatic nitrogens is 5. The van der Waals surface area contributed by atoms with Crippen molar-refractivity contribution in [3.8, 4) is 0 Å². The van der Waals surface area contributed by atoms with E-state index in [1.807, 2.05) is 0 Å². The Kier molecular flexibility index (Phi) is 3.49. The number of hydrogen-bond donors (Lipinski definition) is 1. The summed E-state index contributed by atoms with van der Waals surface area (Å²) in [6.45, 7) is 3.76. The van der Waals surface area contributed by atoms with Crippen LogP contribution in [0.25, 0.3) is 10.2 Å². The molecule has 0 saturated heterocycles. The van der Waals surface area contributed by atoms with Crippen molar-refractivity contribution in [2.45, 2.75) is 45.7 Å². The topological polar surface area (TPSA) is 68.5 Å². The van der Waals surface area contributed by atoms with Crippen molar-refractivity contribution >= 4 is 27.4 Å². The van der Waals surface area contributed by atoms with Crippen LogP contribution in [0.5, 0.6) is 0 Å². The number of nitrogens with one attached hydrogen (secondary N) is 1. The zero-order valence-electron chi connectivity index (χ0n) is 12.5. The summed E-state index contributed by atoms with van der Waals surface area (Å²) in [5.74, 6) is 2.99. The van der Waals surface area contributed by atoms with Gasteiger partial charge < -0.3 is 9.88 Å². The van der Waals surface area contributed by atoms with Gasteiger partial charge in [0.2, 0.25) is 0 Å². The first-order chi connectivity index (χ1) is 10.8. The monoisotopic (exact) mass is 314 g/mol. The summed E-state index contributed by atoms with van der Waals surface area (Å²) in [6, 6.07) is 2.13. The highest BCUT2D eigenvalue weighted by molar-refractivity contribution is 7.18. The molecule has 4 heterocycles. The van der Waals surface area contributed by atoms with Crippen LogP contribution in [0.3, 0.4) is 0 Å². The van der Waals surface area contributed by atoms with Crippen LogP contribution in [0.4, 0.5) is 5.82 Å². The SMILES string of the molecule is Cc1cc2c(NCc3nnc4n3CCCCC4)ncnc2s1. The van der Waals surface area contributed by atoms with Gasteiger partial charge in [-0.15, -0.1) is 21.5 Å². The predicted molar refractivity (Wildman–Crippen MR) is 87.1 cm³/mol. The van der Waals surface area contributed by atoms with Crippen molar-refractivity contribution in [1.29, 1.82) is 0 Å². The van der Waals surface area contributed by atoms with Gasteiger partial charge in [-0.2, -0.15) is 0 Å². The highest BCUT2D eigenvalue weighted by Gasteiger charge is 2.15. The molecule has 0 saturated carbocycles. The molecule has 1 aliphatic rings. The molecule has 0 radical (unpaired) electrons. The van der Waals surface area contributed by atoms with Crippen LogP contribution in [0.2, 0.25) is 0 Å². The maximum atomic E-state index is 4.38. The average molecular weight is 314 g/mol. The third-order valence-electron chi connectivity index (χ3n) is 4.05. The number of thiophene rings is 1. The first-order valence-electron chi connectivity index (χ1n) is 7.67. The standard InChI is InChI=1S/C15H18N6S/c1-10-7-11-14(17-9-18-15(11)22-10)16-8-13-20-19-12-5-3-2-4-6-21(12)13/h7,9H,2-6,8H2,1H3,(H,16,17,18). The molecule has 0 atom stereocenters. The van der Waals surface area contributed by atoms with Gasteiger partial charge in [-0.25, -0.2) is 9.97 Å². The second-order valence-electron chi connectivity index (χ2n) is 5.65. The molecule has 0 amide bonds. The summed E-state index contributed by atoms with van der Waals surface area (Å²) < 4.78 is 2.26. The van der Waals surface area contributed by atoms with E-state index in [9.17, 15) is 0 Å². The fourth-order valence-corrected chi connectivity index (χ4v) is 3.80. The molecule has 4 rings (SSSR count). The molecule has 0 aliphatic carbocycles. The molecule has 3 aromatic heterocycles. The summed E-state index contributed by atoms with van der Waals surface area (Å²) in [5, 5.41) is 13.2. The Morgan fingerprint density at radius 1 is 1.23 bits per heavy atom. The van der Waals surface area contributed by atoms with Crippen molar-refractivity contribution in [3.05, 3.63) is 28.9 Å². The molecule has 114 valence electrons. The van der Waals surface area contributed by atoms with Gasteiger partial charge in [0, 0.05) is 17.8 Å². The lowest BCUT2D eigenvalue weighted by molar-refractivity contribution is 0.610. The van der Waals surface area contributed by atoms with E-state index in [0.717, 1.165) is 40.6 Å². The Hall–Kier alpha value is -2.02. The average Bonchev–Trinajstić information content (AvgIpc) is 3.00. The highest BCUT2D eigenvalue weighted by Crippen LogP contribution is 2.27. The van der Waals surface area contributed by atoms with Crippen LogP contribution in [-0.2, 0) is 19.5 Å². The maximum absolute atomic E-state index is 4.38. The van der Waals surface area contributed by atoms with E-state index >= 15 is 0 Å². The van der Waals surface area contributed by atoms with E-state index in [0.29, 0.717) is 6.54 Å². The van der Waals surface area contributed by atoms with Crippen molar-refractivity contribution < 1.29 is 0 Å². The van der Waals surface area contributed by atoms with Gasteiger partial charge in [-0.3, -0.25) is 0 Å². The van der Waals surface area contributed by atoms with Gasteiger partial charge in [0.1, 0.15) is 22.8 Å². The number of aryl methyl sites for hydroxylation is 2. The second-order valence-corrected chi connectivity index (χ2v) is 6.88. The molecule has 1 aliphatic heterocycles. The lowest BCUT2D eigenvalue weighted by Gasteiger charge is -2.09. The number of rotatable bonds is 3. The van der Waals surface area contributed by atoms with Crippen LogP contribution in [0, 0.1) is 6.92 Å². The smallest absolute Gasteiger partial charge is 0.152 e. The van der Waals surface area contributed by atoms with E-state index in [-0.39, 0.29) is 0 Å². The fourth-order valence-electron chi connectivity index (χ4n) is 2.96. The molecule has 7 heteroatoms. The van der Waals surface area contributed by atoms with E-state index in [1.165, 1.54) is 24.1 Å². The van der Waals surface area contributed by atoms with Gasteiger partial charge >= 0.3 is 0 Å². The second kappa shape index (κ2) is 5.64. The molecule has 6 nitrogen and oxygen atoms in total. The number of nitrogens with zero attached hydrogens (tertiary/aromatic N) is 5.